The molecule has 2 N–H and O–H groups in total. The molecule has 0 heterocycles. The van der Waals surface area contributed by atoms with Crippen LogP contribution >= 0.6 is 0 Å². The molecule has 1 aromatic rings. The molecule has 0 aliphatic heterocycles. The van der Waals surface area contributed by atoms with Crippen molar-refractivity contribution in [2.45, 2.75) is 84.2 Å². The summed E-state index contributed by atoms with van der Waals surface area (Å²) in [5.74, 6) is -0.287. The summed E-state index contributed by atoms with van der Waals surface area (Å²) in [6.45, 7) is 18.1. The van der Waals surface area contributed by atoms with E-state index in [4.69, 9.17) is 4.43 Å². The molecule has 0 saturated carbocycles. The Morgan fingerprint density at radius 1 is 0.857 bits per heavy atom. The summed E-state index contributed by atoms with van der Waals surface area (Å²) < 4.78 is 6.64. The summed E-state index contributed by atoms with van der Waals surface area (Å²) in [5.41, 5.74) is 2.61. The Hall–Kier alpha value is -0.943. The van der Waals surface area contributed by atoms with Gasteiger partial charge >= 0.3 is 0 Å². The molecule has 0 fully saturated rings. The SMILES string of the molecule is CC(C)[Si](OC[C@H](C)[C@H](O)[C@H](C)[C@@H](O)/C=C/c1ccccc1)(C(C)C)C(C)C. The van der Waals surface area contributed by atoms with E-state index in [-0.39, 0.29) is 11.8 Å². The molecule has 4 heteroatoms. The zero-order valence-electron chi connectivity index (χ0n) is 19.1. The number of hydrogen-bond acceptors (Lipinski definition) is 3. The van der Waals surface area contributed by atoms with Crippen LogP contribution in [0.1, 0.15) is 61.0 Å². The molecule has 3 nitrogen and oxygen atoms in total. The van der Waals surface area contributed by atoms with Crippen LogP contribution in [-0.4, -0.2) is 37.3 Å². The fourth-order valence-electron chi connectivity index (χ4n) is 4.54. The lowest BCUT2D eigenvalue weighted by atomic mass is 9.89. The molecule has 160 valence electrons. The minimum absolute atomic E-state index is 0.0297. The second-order valence-electron chi connectivity index (χ2n) is 9.22. The van der Waals surface area contributed by atoms with Crippen LogP contribution in [0.25, 0.3) is 6.08 Å². The van der Waals surface area contributed by atoms with Crippen LogP contribution < -0.4 is 0 Å². The number of rotatable bonds is 11. The Morgan fingerprint density at radius 3 is 1.82 bits per heavy atom. The minimum atomic E-state index is -1.95. The molecule has 28 heavy (non-hydrogen) atoms. The van der Waals surface area contributed by atoms with Gasteiger partial charge in [0.25, 0.3) is 0 Å². The van der Waals surface area contributed by atoms with Crippen LogP contribution in [0.5, 0.6) is 0 Å². The van der Waals surface area contributed by atoms with Crippen molar-refractivity contribution in [3.63, 3.8) is 0 Å². The van der Waals surface area contributed by atoms with Crippen molar-refractivity contribution in [2.75, 3.05) is 6.61 Å². The molecule has 0 aliphatic carbocycles. The van der Waals surface area contributed by atoms with Crippen LogP contribution in [-0.2, 0) is 4.43 Å². The Kier molecular flexibility index (Phi) is 10.1. The summed E-state index contributed by atoms with van der Waals surface area (Å²) in [4.78, 5) is 0. The smallest absolute Gasteiger partial charge is 0.200 e. The normalized spacial score (nSPS) is 17.5. The van der Waals surface area contributed by atoms with Gasteiger partial charge in [-0.2, -0.15) is 0 Å². The van der Waals surface area contributed by atoms with Crippen molar-refractivity contribution in [3.8, 4) is 0 Å². The maximum absolute atomic E-state index is 10.8. The van der Waals surface area contributed by atoms with Crippen molar-refractivity contribution in [3.05, 3.63) is 42.0 Å². The standard InChI is InChI=1S/C24H42O3Si/c1-17(2)28(18(3)4,19(5)6)27-16-20(7)24(26)21(8)23(25)15-14-22-12-10-9-11-13-22/h9-15,17-21,23-26H,16H2,1-8H3/b15-14+/t20-,21+,23-,24-/m0/s1. The highest BCUT2D eigenvalue weighted by Gasteiger charge is 2.45. The second kappa shape index (κ2) is 11.3. The summed E-state index contributed by atoms with van der Waals surface area (Å²) in [7, 11) is -1.95. The molecule has 1 rings (SSSR count). The van der Waals surface area contributed by atoms with Crippen LogP contribution in [0.15, 0.2) is 36.4 Å². The van der Waals surface area contributed by atoms with E-state index in [2.05, 4.69) is 41.5 Å². The first-order valence-electron chi connectivity index (χ1n) is 10.8. The quantitative estimate of drug-likeness (QED) is 0.451. The monoisotopic (exact) mass is 406 g/mol. The summed E-state index contributed by atoms with van der Waals surface area (Å²) in [6, 6.07) is 9.90. The Labute approximate surface area is 174 Å². The topological polar surface area (TPSA) is 49.7 Å². The first-order valence-corrected chi connectivity index (χ1v) is 12.9. The van der Waals surface area contributed by atoms with Crippen molar-refractivity contribution < 1.29 is 14.6 Å². The van der Waals surface area contributed by atoms with Gasteiger partial charge in [-0.3, -0.25) is 0 Å². The van der Waals surface area contributed by atoms with E-state index in [9.17, 15) is 10.2 Å². The van der Waals surface area contributed by atoms with E-state index in [1.807, 2.05) is 50.3 Å². The average Bonchev–Trinajstić information content (AvgIpc) is 2.65. The average molecular weight is 407 g/mol. The fourth-order valence-corrected chi connectivity index (χ4v) is 10.1. The molecule has 0 spiro atoms. The van der Waals surface area contributed by atoms with Crippen LogP contribution in [0.3, 0.4) is 0 Å². The molecule has 0 aromatic heterocycles. The predicted molar refractivity (Wildman–Crippen MR) is 123 cm³/mol. The van der Waals surface area contributed by atoms with Gasteiger partial charge in [-0.25, -0.2) is 0 Å². The van der Waals surface area contributed by atoms with Gasteiger partial charge in [0.1, 0.15) is 0 Å². The van der Waals surface area contributed by atoms with E-state index >= 15 is 0 Å². The molecule has 1 aromatic carbocycles. The van der Waals surface area contributed by atoms with Gasteiger partial charge in [0.2, 0.25) is 0 Å². The molecule has 0 aliphatic rings. The number of hydrogen-bond donors (Lipinski definition) is 2. The molecule has 0 amide bonds. The van der Waals surface area contributed by atoms with Crippen LogP contribution in [0.4, 0.5) is 0 Å². The highest BCUT2D eigenvalue weighted by atomic mass is 28.4. The summed E-state index contributed by atoms with van der Waals surface area (Å²) in [5, 5.41) is 21.3. The Bertz CT molecular complexity index is 561. The van der Waals surface area contributed by atoms with E-state index in [0.29, 0.717) is 23.2 Å². The number of aliphatic hydroxyl groups excluding tert-OH is 2. The van der Waals surface area contributed by atoms with Gasteiger partial charge in [-0.05, 0) is 22.2 Å². The van der Waals surface area contributed by atoms with Crippen molar-refractivity contribution >= 4 is 14.4 Å². The first-order chi connectivity index (χ1) is 13.0. The molecular formula is C24H42O3Si. The highest BCUT2D eigenvalue weighted by Crippen LogP contribution is 2.42. The molecule has 0 radical (unpaired) electrons. The lowest BCUT2D eigenvalue weighted by molar-refractivity contribution is -0.00276. The van der Waals surface area contributed by atoms with Gasteiger partial charge in [0.15, 0.2) is 8.32 Å². The molecule has 4 atom stereocenters. The predicted octanol–water partition coefficient (Wildman–Crippen LogP) is 5.89. The van der Waals surface area contributed by atoms with Gasteiger partial charge in [0, 0.05) is 18.4 Å². The van der Waals surface area contributed by atoms with Crippen molar-refractivity contribution in [1.29, 1.82) is 0 Å². The zero-order valence-corrected chi connectivity index (χ0v) is 20.1. The Morgan fingerprint density at radius 2 is 1.36 bits per heavy atom. The van der Waals surface area contributed by atoms with Crippen LogP contribution in [0.2, 0.25) is 16.6 Å². The molecule has 0 unspecified atom stereocenters. The minimum Gasteiger partial charge on any atom is -0.416 e. The van der Waals surface area contributed by atoms with E-state index < -0.39 is 20.5 Å². The van der Waals surface area contributed by atoms with Gasteiger partial charge in [-0.1, -0.05) is 97.9 Å². The third-order valence-corrected chi connectivity index (χ3v) is 12.3. The van der Waals surface area contributed by atoms with E-state index in [1.165, 1.54) is 0 Å². The van der Waals surface area contributed by atoms with Crippen LogP contribution in [0, 0.1) is 11.8 Å². The Balaban J connectivity index is 2.74. The lowest BCUT2D eigenvalue weighted by Gasteiger charge is -2.43. The van der Waals surface area contributed by atoms with Crippen molar-refractivity contribution in [1.82, 2.24) is 0 Å². The lowest BCUT2D eigenvalue weighted by Crippen LogP contribution is -2.49. The van der Waals surface area contributed by atoms with Gasteiger partial charge < -0.3 is 14.6 Å². The van der Waals surface area contributed by atoms with Crippen molar-refractivity contribution in [2.24, 2.45) is 11.8 Å². The summed E-state index contributed by atoms with van der Waals surface area (Å²) in [6.07, 6.45) is 2.36. The summed E-state index contributed by atoms with van der Waals surface area (Å²) >= 11 is 0. The van der Waals surface area contributed by atoms with Gasteiger partial charge in [-0.15, -0.1) is 0 Å². The largest absolute Gasteiger partial charge is 0.416 e. The maximum atomic E-state index is 10.8. The number of benzene rings is 1. The number of aliphatic hydroxyl groups is 2. The molecular weight excluding hydrogens is 364 g/mol. The maximum Gasteiger partial charge on any atom is 0.200 e. The third kappa shape index (κ3) is 6.28. The third-order valence-electron chi connectivity index (χ3n) is 6.25. The molecule has 0 bridgehead atoms. The fraction of sp³-hybridized carbons (Fsp3) is 0.667. The highest BCUT2D eigenvalue weighted by molar-refractivity contribution is 6.77. The second-order valence-corrected chi connectivity index (χ2v) is 14.7. The molecule has 0 saturated heterocycles. The van der Waals surface area contributed by atoms with Gasteiger partial charge in [0.05, 0.1) is 12.2 Å². The first kappa shape index (κ1) is 25.1. The van der Waals surface area contributed by atoms with E-state index in [0.717, 1.165) is 5.56 Å². The van der Waals surface area contributed by atoms with E-state index in [1.54, 1.807) is 6.08 Å². The zero-order chi connectivity index (χ0) is 21.5.